The van der Waals surface area contributed by atoms with E-state index >= 15 is 0 Å². The second kappa shape index (κ2) is 5.68. The van der Waals surface area contributed by atoms with Crippen LogP contribution in [-0.2, 0) is 11.3 Å². The Bertz CT molecular complexity index is 462. The summed E-state index contributed by atoms with van der Waals surface area (Å²) in [7, 11) is 0. The van der Waals surface area contributed by atoms with Gasteiger partial charge >= 0.3 is 0 Å². The van der Waals surface area contributed by atoms with Crippen molar-refractivity contribution < 1.29 is 14.1 Å². The lowest BCUT2D eigenvalue weighted by molar-refractivity contribution is 0.111. The number of halogens is 1. The van der Waals surface area contributed by atoms with Gasteiger partial charge in [0.1, 0.15) is 18.1 Å². The Morgan fingerprint density at radius 1 is 1.59 bits per heavy atom. The fourth-order valence-corrected chi connectivity index (χ4v) is 1.77. The molecule has 0 aromatic carbocycles. The molecule has 5 heteroatoms. The first kappa shape index (κ1) is 11.9. The van der Waals surface area contributed by atoms with Crippen molar-refractivity contribution >= 4 is 17.9 Å². The average Bonchev–Trinajstić information content (AvgIpc) is 2.70. The van der Waals surface area contributed by atoms with Gasteiger partial charge in [-0.1, -0.05) is 22.8 Å². The van der Waals surface area contributed by atoms with Crippen molar-refractivity contribution in [3.63, 3.8) is 0 Å². The first-order valence-electron chi connectivity index (χ1n) is 5.38. The monoisotopic (exact) mass is 253 g/mol. The quantitative estimate of drug-likeness (QED) is 0.774. The van der Waals surface area contributed by atoms with Gasteiger partial charge in [-0.15, -0.1) is 0 Å². The Balaban J connectivity index is 1.97. The van der Waals surface area contributed by atoms with Crippen molar-refractivity contribution in [2.45, 2.75) is 25.9 Å². The van der Waals surface area contributed by atoms with Gasteiger partial charge in [0, 0.05) is 12.5 Å². The number of hydrogen-bond donors (Lipinski definition) is 0. The summed E-state index contributed by atoms with van der Waals surface area (Å²) in [4.78, 5) is 10.4. The lowest BCUT2D eigenvalue weighted by Crippen LogP contribution is -1.94. The molecule has 1 aromatic rings. The minimum absolute atomic E-state index is 0.236. The maximum atomic E-state index is 10.4. The zero-order chi connectivity index (χ0) is 12.1. The molecule has 2 rings (SSSR count). The molecular formula is C12H12ClNO3. The smallest absolute Gasteiger partial charge is 0.174 e. The molecule has 4 nitrogen and oxygen atoms in total. The molecule has 0 N–H and O–H groups in total. The number of ether oxygens (including phenoxy) is 1. The first-order valence-corrected chi connectivity index (χ1v) is 5.76. The van der Waals surface area contributed by atoms with Gasteiger partial charge in [0.15, 0.2) is 12.0 Å². The Kier molecular flexibility index (Phi) is 3.98. The molecule has 1 aromatic heterocycles. The number of rotatable bonds is 4. The predicted octanol–water partition coefficient (Wildman–Crippen LogP) is 3.19. The molecule has 0 fully saturated rings. The predicted molar refractivity (Wildman–Crippen MR) is 62.5 cm³/mol. The third-order valence-electron chi connectivity index (χ3n) is 2.39. The highest BCUT2D eigenvalue weighted by molar-refractivity contribution is 6.31. The summed E-state index contributed by atoms with van der Waals surface area (Å²) in [5, 5.41) is 4.17. The summed E-state index contributed by atoms with van der Waals surface area (Å²) < 4.78 is 10.5. The maximum Gasteiger partial charge on any atom is 0.174 e. The largest absolute Gasteiger partial charge is 0.488 e. The van der Waals surface area contributed by atoms with E-state index in [1.54, 1.807) is 6.07 Å². The molecule has 90 valence electrons. The number of aldehydes is 1. The van der Waals surface area contributed by atoms with Crippen molar-refractivity contribution in [1.82, 2.24) is 5.16 Å². The van der Waals surface area contributed by atoms with Crippen LogP contribution in [0.2, 0.25) is 0 Å². The van der Waals surface area contributed by atoms with Crippen molar-refractivity contribution in [2.75, 3.05) is 0 Å². The molecule has 0 radical (unpaired) electrons. The van der Waals surface area contributed by atoms with Crippen LogP contribution in [0.3, 0.4) is 0 Å². The van der Waals surface area contributed by atoms with E-state index in [4.69, 9.17) is 20.9 Å². The Morgan fingerprint density at radius 3 is 3.24 bits per heavy atom. The van der Waals surface area contributed by atoms with Crippen molar-refractivity contribution in [2.24, 2.45) is 0 Å². The van der Waals surface area contributed by atoms with E-state index in [1.165, 1.54) is 0 Å². The van der Waals surface area contributed by atoms with Gasteiger partial charge < -0.3 is 9.26 Å². The third-order valence-corrected chi connectivity index (χ3v) is 2.73. The van der Waals surface area contributed by atoms with Gasteiger partial charge in [-0.3, -0.25) is 4.79 Å². The fraction of sp³-hybridized carbons (Fsp3) is 0.333. The van der Waals surface area contributed by atoms with E-state index in [1.807, 2.05) is 12.2 Å². The van der Waals surface area contributed by atoms with Crippen LogP contribution in [0.4, 0.5) is 0 Å². The van der Waals surface area contributed by atoms with E-state index in [-0.39, 0.29) is 12.3 Å². The number of aromatic nitrogens is 1. The summed E-state index contributed by atoms with van der Waals surface area (Å²) in [6.07, 6.45) is 7.33. The second-order valence-electron chi connectivity index (χ2n) is 3.69. The van der Waals surface area contributed by atoms with Crippen molar-refractivity contribution in [1.29, 1.82) is 0 Å². The number of allylic oxidation sites excluding steroid dienone is 4. The van der Waals surface area contributed by atoms with Gasteiger partial charge in [-0.25, -0.2) is 0 Å². The molecule has 17 heavy (non-hydrogen) atoms. The Labute approximate surface area is 104 Å². The summed E-state index contributed by atoms with van der Waals surface area (Å²) >= 11 is 6.05. The third kappa shape index (κ3) is 3.20. The number of carbonyl (C=O) groups excluding carboxylic acids is 1. The minimum Gasteiger partial charge on any atom is -0.488 e. The van der Waals surface area contributed by atoms with Crippen LogP contribution in [0, 0.1) is 0 Å². The lowest BCUT2D eigenvalue weighted by atomic mass is 10.2. The molecule has 0 spiro atoms. The summed E-state index contributed by atoms with van der Waals surface area (Å²) in [6.45, 7) is 0.236. The zero-order valence-corrected chi connectivity index (χ0v) is 9.94. The van der Waals surface area contributed by atoms with Crippen LogP contribution in [0.25, 0.3) is 0 Å². The molecule has 0 bridgehead atoms. The molecule has 0 saturated carbocycles. The van der Waals surface area contributed by atoms with E-state index in [0.29, 0.717) is 17.1 Å². The Hall–Kier alpha value is -1.55. The topological polar surface area (TPSA) is 52.3 Å². The maximum absolute atomic E-state index is 10.4. The summed E-state index contributed by atoms with van der Waals surface area (Å²) in [6, 6.07) is 1.55. The van der Waals surface area contributed by atoms with Crippen LogP contribution < -0.4 is 0 Å². The van der Waals surface area contributed by atoms with Gasteiger partial charge in [0.05, 0.1) is 5.03 Å². The molecular weight excluding hydrogens is 242 g/mol. The molecule has 0 atom stereocenters. The highest BCUT2D eigenvalue weighted by Gasteiger charge is 2.09. The van der Waals surface area contributed by atoms with Crippen molar-refractivity contribution in [3.8, 4) is 0 Å². The van der Waals surface area contributed by atoms with E-state index in [9.17, 15) is 4.79 Å². The number of hydrogen-bond acceptors (Lipinski definition) is 4. The van der Waals surface area contributed by atoms with Gasteiger partial charge in [0.25, 0.3) is 0 Å². The normalized spacial score (nSPS) is 15.8. The van der Waals surface area contributed by atoms with Crippen molar-refractivity contribution in [3.05, 3.63) is 40.5 Å². The number of carbonyl (C=O) groups is 1. The highest BCUT2D eigenvalue weighted by Crippen LogP contribution is 2.23. The molecule has 0 aliphatic heterocycles. The zero-order valence-electron chi connectivity index (χ0n) is 9.19. The molecule has 0 saturated heterocycles. The van der Waals surface area contributed by atoms with Crippen LogP contribution in [-0.4, -0.2) is 11.4 Å². The SMILES string of the molecule is O=Cc1cc(COC2=C(Cl)C=CCCC2)on1. The van der Waals surface area contributed by atoms with Crippen LogP contribution >= 0.6 is 11.6 Å². The van der Waals surface area contributed by atoms with Gasteiger partial charge in [0.2, 0.25) is 0 Å². The molecule has 0 amide bonds. The van der Waals surface area contributed by atoms with E-state index in [0.717, 1.165) is 25.0 Å². The molecule has 1 aliphatic rings. The molecule has 1 aliphatic carbocycles. The molecule has 0 unspecified atom stereocenters. The average molecular weight is 254 g/mol. The minimum atomic E-state index is 0.236. The summed E-state index contributed by atoms with van der Waals surface area (Å²) in [5.74, 6) is 1.27. The van der Waals surface area contributed by atoms with Gasteiger partial charge in [-0.2, -0.15) is 0 Å². The van der Waals surface area contributed by atoms with Crippen LogP contribution in [0.15, 0.2) is 33.5 Å². The standard InChI is InChI=1S/C12H12ClNO3/c13-11-4-2-1-3-5-12(11)16-8-10-6-9(7-15)14-17-10/h2,4,6-7H,1,3,5,8H2. The highest BCUT2D eigenvalue weighted by atomic mass is 35.5. The first-order chi connectivity index (χ1) is 8.29. The van der Waals surface area contributed by atoms with Gasteiger partial charge in [-0.05, 0) is 18.9 Å². The second-order valence-corrected chi connectivity index (χ2v) is 4.10. The van der Waals surface area contributed by atoms with E-state index in [2.05, 4.69) is 5.16 Å². The lowest BCUT2D eigenvalue weighted by Gasteiger charge is -2.08. The van der Waals surface area contributed by atoms with Crippen LogP contribution in [0.5, 0.6) is 0 Å². The Morgan fingerprint density at radius 2 is 2.47 bits per heavy atom. The molecule has 1 heterocycles. The summed E-state index contributed by atoms with van der Waals surface area (Å²) in [5.41, 5.74) is 0.268. The fourth-order valence-electron chi connectivity index (χ4n) is 1.53. The van der Waals surface area contributed by atoms with E-state index < -0.39 is 0 Å². The van der Waals surface area contributed by atoms with Crippen LogP contribution in [0.1, 0.15) is 35.5 Å². The number of nitrogens with zero attached hydrogens (tertiary/aromatic N) is 1.